The summed E-state index contributed by atoms with van der Waals surface area (Å²) in [6.07, 6.45) is 26.0. The maximum absolute atomic E-state index is 14.1. The van der Waals surface area contributed by atoms with Crippen LogP contribution in [0.4, 0.5) is 0 Å². The molecule has 0 bridgehead atoms. The Kier molecular flexibility index (Phi) is 28.3. The minimum atomic E-state index is -2.32. The second kappa shape index (κ2) is 28.9. The Labute approximate surface area is 284 Å². The maximum atomic E-state index is 14.1. The smallest absolute Gasteiger partial charge is 0.233 e. The second-order valence-electron chi connectivity index (χ2n) is 14.0. The highest BCUT2D eigenvalue weighted by atomic mass is 16.5. The van der Waals surface area contributed by atoms with Gasteiger partial charge in [-0.1, -0.05) is 175 Å². The molecule has 0 aromatic carbocycles. The summed E-state index contributed by atoms with van der Waals surface area (Å²) in [6.45, 7) is 7.52. The summed E-state index contributed by atoms with van der Waals surface area (Å²) >= 11 is 0. The van der Waals surface area contributed by atoms with Gasteiger partial charge in [0.1, 0.15) is 5.41 Å². The summed E-state index contributed by atoms with van der Waals surface area (Å²) < 4.78 is 6.00. The van der Waals surface area contributed by atoms with Crippen LogP contribution in [0.15, 0.2) is 0 Å². The normalized spacial score (nSPS) is 15.7. The van der Waals surface area contributed by atoms with E-state index in [0.29, 0.717) is 19.4 Å². The summed E-state index contributed by atoms with van der Waals surface area (Å²) in [4.78, 5) is 27.0. The predicted octanol–water partition coefficient (Wildman–Crippen LogP) is 9.11. The van der Waals surface area contributed by atoms with Crippen molar-refractivity contribution >= 4 is 11.7 Å². The van der Waals surface area contributed by atoms with Gasteiger partial charge in [0, 0.05) is 6.61 Å². The Morgan fingerprint density at radius 3 is 1.37 bits per heavy atom. The van der Waals surface area contributed by atoms with Crippen LogP contribution in [-0.4, -0.2) is 58.0 Å². The summed E-state index contributed by atoms with van der Waals surface area (Å²) in [6, 6.07) is 0. The van der Waals surface area contributed by atoms with Gasteiger partial charge < -0.3 is 25.8 Å². The van der Waals surface area contributed by atoms with Gasteiger partial charge in [0.25, 0.3) is 0 Å². The molecule has 0 fully saturated rings. The van der Waals surface area contributed by atoms with Crippen molar-refractivity contribution in [1.29, 1.82) is 0 Å². The van der Waals surface area contributed by atoms with Gasteiger partial charge in [-0.2, -0.15) is 0 Å². The minimum Gasteiger partial charge on any atom is -0.393 e. The SMILES string of the molecule is CCCCCCCCCCCCCCCCOC(CC)C(O)(CO)C(=O)C(CCC)(C(N)=O)C(O)CCCCCCCCCCC. The van der Waals surface area contributed by atoms with Crippen molar-refractivity contribution in [2.24, 2.45) is 11.1 Å². The van der Waals surface area contributed by atoms with E-state index in [1.165, 1.54) is 103 Å². The molecule has 5 N–H and O–H groups in total. The van der Waals surface area contributed by atoms with Crippen LogP contribution >= 0.6 is 0 Å². The van der Waals surface area contributed by atoms with E-state index >= 15 is 0 Å². The molecule has 4 unspecified atom stereocenters. The van der Waals surface area contributed by atoms with E-state index in [4.69, 9.17) is 10.5 Å². The molecule has 0 aromatic rings. The number of rotatable bonds is 35. The molecule has 0 rings (SSSR count). The molecule has 1 amide bonds. The number of hydrogen-bond donors (Lipinski definition) is 4. The van der Waals surface area contributed by atoms with E-state index in [-0.39, 0.29) is 19.3 Å². The van der Waals surface area contributed by atoms with Gasteiger partial charge in [0.15, 0.2) is 11.4 Å². The molecule has 0 aliphatic carbocycles. The van der Waals surface area contributed by atoms with Gasteiger partial charge >= 0.3 is 0 Å². The third kappa shape index (κ3) is 17.4. The first-order chi connectivity index (χ1) is 22.2. The van der Waals surface area contributed by atoms with Crippen molar-refractivity contribution in [1.82, 2.24) is 0 Å². The lowest BCUT2D eigenvalue weighted by Crippen LogP contribution is -2.65. The third-order valence-electron chi connectivity index (χ3n) is 9.99. The number of primary amides is 1. The van der Waals surface area contributed by atoms with Crippen molar-refractivity contribution in [3.63, 3.8) is 0 Å². The molecule has 7 nitrogen and oxygen atoms in total. The molecule has 4 atom stereocenters. The standard InChI is InChI=1S/C39H77NO6/c1-5-9-11-13-15-17-18-19-20-21-23-25-27-29-32-46-35(8-4)39(45,33-41)36(43)38(31-7-3,37(40)44)34(42)30-28-26-24-22-16-14-12-10-6-2/h34-35,41-42,45H,5-33H2,1-4H3,(H2,40,44). The fourth-order valence-corrected chi connectivity index (χ4v) is 6.94. The van der Waals surface area contributed by atoms with E-state index in [0.717, 1.165) is 38.5 Å². The average molecular weight is 656 g/mol. The number of carbonyl (C=O) groups is 2. The number of nitrogens with two attached hydrogens (primary N) is 1. The molecular weight excluding hydrogens is 578 g/mol. The van der Waals surface area contributed by atoms with Crippen LogP contribution in [0.5, 0.6) is 0 Å². The van der Waals surface area contributed by atoms with E-state index in [1.807, 2.05) is 6.92 Å². The van der Waals surface area contributed by atoms with Gasteiger partial charge in [0.2, 0.25) is 5.91 Å². The zero-order valence-electron chi connectivity index (χ0n) is 30.8. The maximum Gasteiger partial charge on any atom is 0.233 e. The molecule has 46 heavy (non-hydrogen) atoms. The molecule has 0 saturated carbocycles. The van der Waals surface area contributed by atoms with Crippen LogP contribution in [0.1, 0.15) is 201 Å². The van der Waals surface area contributed by atoms with Crippen LogP contribution < -0.4 is 5.73 Å². The highest BCUT2D eigenvalue weighted by Gasteiger charge is 2.59. The largest absolute Gasteiger partial charge is 0.393 e. The summed E-state index contributed by atoms with van der Waals surface area (Å²) in [7, 11) is 0. The molecule has 0 aliphatic heterocycles. The summed E-state index contributed by atoms with van der Waals surface area (Å²) in [5.74, 6) is -1.86. The zero-order valence-corrected chi connectivity index (χ0v) is 30.8. The second-order valence-corrected chi connectivity index (χ2v) is 14.0. The molecule has 0 aromatic heterocycles. The monoisotopic (exact) mass is 656 g/mol. The molecule has 0 aliphatic rings. The Hall–Kier alpha value is -1.02. The lowest BCUT2D eigenvalue weighted by Gasteiger charge is -2.42. The molecule has 7 heteroatoms. The number of ether oxygens (including phenoxy) is 1. The van der Waals surface area contributed by atoms with Gasteiger partial charge in [-0.3, -0.25) is 9.59 Å². The summed E-state index contributed by atoms with van der Waals surface area (Å²) in [5.41, 5.74) is 1.55. The topological polar surface area (TPSA) is 130 Å². The van der Waals surface area contributed by atoms with E-state index in [1.54, 1.807) is 6.92 Å². The Morgan fingerprint density at radius 2 is 1.02 bits per heavy atom. The van der Waals surface area contributed by atoms with Gasteiger partial charge in [-0.15, -0.1) is 0 Å². The third-order valence-corrected chi connectivity index (χ3v) is 9.99. The number of amides is 1. The van der Waals surface area contributed by atoms with Crippen molar-refractivity contribution in [3.05, 3.63) is 0 Å². The number of aliphatic hydroxyl groups excluding tert-OH is 2. The van der Waals surface area contributed by atoms with E-state index < -0.39 is 41.5 Å². The van der Waals surface area contributed by atoms with Crippen LogP contribution in [0.3, 0.4) is 0 Å². The average Bonchev–Trinajstić information content (AvgIpc) is 3.05. The van der Waals surface area contributed by atoms with Crippen LogP contribution in [0.2, 0.25) is 0 Å². The fraction of sp³-hybridized carbons (Fsp3) is 0.949. The van der Waals surface area contributed by atoms with E-state index in [9.17, 15) is 24.9 Å². The Bertz CT molecular complexity index is 733. The first-order valence-electron chi connectivity index (χ1n) is 19.7. The number of hydrogen-bond acceptors (Lipinski definition) is 6. The predicted molar refractivity (Wildman–Crippen MR) is 192 cm³/mol. The zero-order chi connectivity index (χ0) is 34.5. The van der Waals surface area contributed by atoms with Crippen LogP contribution in [0, 0.1) is 5.41 Å². The minimum absolute atomic E-state index is 0.0114. The highest BCUT2D eigenvalue weighted by Crippen LogP contribution is 2.38. The molecule has 0 saturated heterocycles. The van der Waals surface area contributed by atoms with E-state index in [2.05, 4.69) is 13.8 Å². The number of carbonyl (C=O) groups excluding carboxylic acids is 2. The number of aliphatic hydroxyl groups is 3. The molecule has 274 valence electrons. The molecular formula is C39H77NO6. The molecule has 0 heterocycles. The number of Topliss-reactive ketones (excluding diaryl/α,β-unsaturated/α-hetero) is 1. The fourth-order valence-electron chi connectivity index (χ4n) is 6.94. The quantitative estimate of drug-likeness (QED) is 0.0398. The van der Waals surface area contributed by atoms with Crippen LogP contribution in [-0.2, 0) is 14.3 Å². The van der Waals surface area contributed by atoms with Crippen molar-refractivity contribution in [2.45, 2.75) is 219 Å². The lowest BCUT2D eigenvalue weighted by atomic mass is 9.66. The number of ketones is 1. The van der Waals surface area contributed by atoms with Crippen LogP contribution in [0.25, 0.3) is 0 Å². The summed E-state index contributed by atoms with van der Waals surface area (Å²) in [5, 5.41) is 33.3. The molecule has 0 radical (unpaired) electrons. The first kappa shape index (κ1) is 45.0. The number of unbranched alkanes of at least 4 members (excludes halogenated alkanes) is 21. The van der Waals surface area contributed by atoms with Gasteiger partial charge in [-0.05, 0) is 25.7 Å². The Balaban J connectivity index is 4.83. The van der Waals surface area contributed by atoms with Gasteiger partial charge in [-0.25, -0.2) is 0 Å². The van der Waals surface area contributed by atoms with Gasteiger partial charge in [0.05, 0.1) is 18.8 Å². The van der Waals surface area contributed by atoms with Crippen molar-refractivity contribution in [3.8, 4) is 0 Å². The van der Waals surface area contributed by atoms with Crippen molar-refractivity contribution < 1.29 is 29.6 Å². The highest BCUT2D eigenvalue weighted by molar-refractivity contribution is 6.10. The molecule has 0 spiro atoms. The first-order valence-corrected chi connectivity index (χ1v) is 19.7. The van der Waals surface area contributed by atoms with Crippen molar-refractivity contribution in [2.75, 3.05) is 13.2 Å². The lowest BCUT2D eigenvalue weighted by molar-refractivity contribution is -0.184. The Morgan fingerprint density at radius 1 is 0.630 bits per heavy atom.